The third-order valence-electron chi connectivity index (χ3n) is 3.10. The summed E-state index contributed by atoms with van der Waals surface area (Å²) in [5, 5.41) is 10.1. The van der Waals surface area contributed by atoms with Gasteiger partial charge in [0.2, 0.25) is 0 Å². The number of benzene rings is 2. The molecule has 0 fully saturated rings. The number of rotatable bonds is 1. The van der Waals surface area contributed by atoms with E-state index in [1.807, 2.05) is 54.6 Å². The molecule has 0 amide bonds. The normalized spacial score (nSPS) is 19.5. The van der Waals surface area contributed by atoms with Gasteiger partial charge in [0.25, 0.3) is 0 Å². The fourth-order valence-corrected chi connectivity index (χ4v) is 2.35. The number of aliphatic hydroxyl groups excluding tert-OH is 1. The van der Waals surface area contributed by atoms with Gasteiger partial charge in [-0.05, 0) is 23.8 Å². The average Bonchev–Trinajstić information content (AvgIpc) is 2.44. The Kier molecular flexibility index (Phi) is 3.23. The Morgan fingerprint density at radius 3 is 2.58 bits per heavy atom. The van der Waals surface area contributed by atoms with Gasteiger partial charge >= 0.3 is 0 Å². The van der Waals surface area contributed by atoms with Gasteiger partial charge < -0.3 is 5.11 Å². The number of hydrogen-bond acceptors (Lipinski definition) is 3. The summed E-state index contributed by atoms with van der Waals surface area (Å²) in [5.41, 5.74) is 3.47. The van der Waals surface area contributed by atoms with E-state index in [0.29, 0.717) is 5.71 Å². The fraction of sp³-hybridized carbons (Fsp3) is 0.0625. The maximum absolute atomic E-state index is 10.1. The van der Waals surface area contributed by atoms with E-state index in [9.17, 15) is 5.11 Å². The zero-order valence-electron chi connectivity index (χ0n) is 10.2. The highest BCUT2D eigenvalue weighted by Gasteiger charge is 2.19. The zero-order chi connectivity index (χ0) is 13.2. The molecule has 0 aliphatic heterocycles. The number of nitrogens with zero attached hydrogens (tertiary/aromatic N) is 1. The first kappa shape index (κ1) is 12.2. The first-order chi connectivity index (χ1) is 9.25. The second-order valence-electron chi connectivity index (χ2n) is 4.38. The molecule has 0 aromatic heterocycles. The highest BCUT2D eigenvalue weighted by atomic mass is 32.1. The van der Waals surface area contributed by atoms with Crippen molar-refractivity contribution < 1.29 is 5.11 Å². The number of hydrogen-bond donors (Lipinski definition) is 2. The van der Waals surface area contributed by atoms with E-state index < -0.39 is 6.10 Å². The lowest BCUT2D eigenvalue weighted by Crippen LogP contribution is -2.22. The van der Waals surface area contributed by atoms with Crippen molar-refractivity contribution in [3.8, 4) is 0 Å². The van der Waals surface area contributed by atoms with E-state index in [1.54, 1.807) is 6.08 Å². The lowest BCUT2D eigenvalue weighted by atomic mass is 9.93. The molecule has 1 atom stereocenters. The fourth-order valence-electron chi connectivity index (χ4n) is 2.14. The minimum Gasteiger partial charge on any atom is -0.383 e. The lowest BCUT2D eigenvalue weighted by Gasteiger charge is -2.18. The average molecular weight is 267 g/mol. The van der Waals surface area contributed by atoms with Gasteiger partial charge in [-0.1, -0.05) is 42.5 Å². The van der Waals surface area contributed by atoms with Crippen LogP contribution in [-0.2, 0) is 0 Å². The van der Waals surface area contributed by atoms with E-state index in [1.165, 1.54) is 0 Å². The zero-order valence-corrected chi connectivity index (χ0v) is 11.1. The first-order valence-electron chi connectivity index (χ1n) is 6.08. The molecule has 1 aliphatic carbocycles. The van der Waals surface area contributed by atoms with Crippen LogP contribution >= 0.6 is 12.6 Å². The van der Waals surface area contributed by atoms with E-state index in [4.69, 9.17) is 0 Å². The number of para-hydroxylation sites is 1. The molecule has 0 saturated carbocycles. The molecule has 1 aliphatic rings. The molecule has 0 saturated heterocycles. The van der Waals surface area contributed by atoms with Crippen molar-refractivity contribution in [2.45, 2.75) is 11.0 Å². The minimum absolute atomic E-state index is 0.666. The molecular formula is C16H13NOS. The molecule has 0 spiro atoms. The topological polar surface area (TPSA) is 32.6 Å². The molecule has 2 aromatic carbocycles. The van der Waals surface area contributed by atoms with E-state index in [0.717, 1.165) is 21.7 Å². The third kappa shape index (κ3) is 2.35. The van der Waals surface area contributed by atoms with Crippen LogP contribution in [0.1, 0.15) is 11.1 Å². The summed E-state index contributed by atoms with van der Waals surface area (Å²) in [7, 11) is 0. The van der Waals surface area contributed by atoms with Crippen molar-refractivity contribution in [3.63, 3.8) is 0 Å². The summed E-state index contributed by atoms with van der Waals surface area (Å²) in [6.45, 7) is 0. The van der Waals surface area contributed by atoms with Crippen LogP contribution in [0.5, 0.6) is 0 Å². The Labute approximate surface area is 117 Å². The molecule has 19 heavy (non-hydrogen) atoms. The van der Waals surface area contributed by atoms with Gasteiger partial charge in [-0.2, -0.15) is 0 Å². The largest absolute Gasteiger partial charge is 0.383 e. The van der Waals surface area contributed by atoms with Crippen molar-refractivity contribution in [1.29, 1.82) is 0 Å². The van der Waals surface area contributed by atoms with E-state index in [2.05, 4.69) is 17.6 Å². The van der Waals surface area contributed by atoms with Crippen LogP contribution in [0.3, 0.4) is 0 Å². The second-order valence-corrected chi connectivity index (χ2v) is 4.86. The molecule has 1 N–H and O–H groups in total. The quantitative estimate of drug-likeness (QED) is 0.762. The molecule has 0 bridgehead atoms. The maximum atomic E-state index is 10.1. The smallest absolute Gasteiger partial charge is 0.115 e. The molecule has 0 radical (unpaired) electrons. The molecule has 3 rings (SSSR count). The highest BCUT2D eigenvalue weighted by Crippen LogP contribution is 2.26. The predicted molar refractivity (Wildman–Crippen MR) is 81.4 cm³/mol. The minimum atomic E-state index is -0.678. The van der Waals surface area contributed by atoms with Crippen molar-refractivity contribution in [2.24, 2.45) is 4.99 Å². The molecule has 1 unspecified atom stereocenters. The van der Waals surface area contributed by atoms with Crippen molar-refractivity contribution in [2.75, 3.05) is 0 Å². The number of aliphatic hydroxyl groups is 1. The second kappa shape index (κ2) is 5.03. The van der Waals surface area contributed by atoms with Gasteiger partial charge in [0.1, 0.15) is 6.10 Å². The van der Waals surface area contributed by atoms with Crippen LogP contribution in [0.25, 0.3) is 6.08 Å². The number of aliphatic imine (C=N–C) groups is 1. The van der Waals surface area contributed by atoms with Gasteiger partial charge in [0.05, 0.1) is 11.4 Å². The van der Waals surface area contributed by atoms with E-state index >= 15 is 0 Å². The number of fused-ring (bicyclic) bond motifs is 1. The molecule has 0 heterocycles. The molecule has 2 aromatic rings. The Balaban J connectivity index is 2.14. The standard InChI is InChI=1S/C16H13NOS/c18-14-10-9-11-5-1-2-6-12(11)16(14)17-13-7-3-4-8-15(13)19/h1-10,14,18-19H. The van der Waals surface area contributed by atoms with Gasteiger partial charge in [-0.15, -0.1) is 12.6 Å². The van der Waals surface area contributed by atoms with Crippen molar-refractivity contribution >= 4 is 30.1 Å². The predicted octanol–water partition coefficient (Wildman–Crippen LogP) is 3.48. The summed E-state index contributed by atoms with van der Waals surface area (Å²) >= 11 is 4.39. The van der Waals surface area contributed by atoms with Crippen molar-refractivity contribution in [3.05, 3.63) is 65.7 Å². The van der Waals surface area contributed by atoms with Crippen molar-refractivity contribution in [1.82, 2.24) is 0 Å². The summed E-state index contributed by atoms with van der Waals surface area (Å²) in [5.74, 6) is 0. The summed E-state index contributed by atoms with van der Waals surface area (Å²) in [4.78, 5) is 5.38. The Morgan fingerprint density at radius 2 is 1.74 bits per heavy atom. The van der Waals surface area contributed by atoms with Crippen LogP contribution in [-0.4, -0.2) is 16.9 Å². The molecular weight excluding hydrogens is 254 g/mol. The Hall–Kier alpha value is -1.84. The maximum Gasteiger partial charge on any atom is 0.115 e. The van der Waals surface area contributed by atoms with Crippen LogP contribution in [0, 0.1) is 0 Å². The van der Waals surface area contributed by atoms with Crippen LogP contribution in [0.2, 0.25) is 0 Å². The first-order valence-corrected chi connectivity index (χ1v) is 6.52. The highest BCUT2D eigenvalue weighted by molar-refractivity contribution is 7.80. The van der Waals surface area contributed by atoms with Crippen LogP contribution in [0.4, 0.5) is 5.69 Å². The molecule has 94 valence electrons. The van der Waals surface area contributed by atoms with Crippen LogP contribution in [0.15, 0.2) is 64.5 Å². The SMILES string of the molecule is OC1C=Cc2ccccc2C1=Nc1ccccc1S. The Bertz CT molecular complexity index is 676. The summed E-state index contributed by atoms with van der Waals surface area (Å²) in [6.07, 6.45) is 3.00. The third-order valence-corrected chi connectivity index (χ3v) is 3.48. The van der Waals surface area contributed by atoms with E-state index in [-0.39, 0.29) is 0 Å². The van der Waals surface area contributed by atoms with Gasteiger partial charge in [-0.3, -0.25) is 0 Å². The molecule has 2 nitrogen and oxygen atoms in total. The van der Waals surface area contributed by atoms with Gasteiger partial charge in [0.15, 0.2) is 0 Å². The molecule has 3 heteroatoms. The van der Waals surface area contributed by atoms with Crippen LogP contribution < -0.4 is 0 Å². The summed E-state index contributed by atoms with van der Waals surface area (Å²) in [6, 6.07) is 15.5. The van der Waals surface area contributed by atoms with Gasteiger partial charge in [-0.25, -0.2) is 4.99 Å². The number of thiol groups is 1. The Morgan fingerprint density at radius 1 is 1.00 bits per heavy atom. The van der Waals surface area contributed by atoms with Gasteiger partial charge in [0, 0.05) is 10.5 Å². The summed E-state index contributed by atoms with van der Waals surface area (Å²) < 4.78 is 0. The monoisotopic (exact) mass is 267 g/mol. The lowest BCUT2D eigenvalue weighted by molar-refractivity contribution is 0.289.